The van der Waals surface area contributed by atoms with Crippen molar-refractivity contribution in [3.63, 3.8) is 0 Å². The van der Waals surface area contributed by atoms with Gasteiger partial charge in [-0.05, 0) is 29.0 Å². The lowest BCUT2D eigenvalue weighted by Crippen LogP contribution is -2.04. The second-order valence-electron chi connectivity index (χ2n) is 8.82. The summed E-state index contributed by atoms with van der Waals surface area (Å²) < 4.78 is 3.25. The maximum atomic E-state index is 5.12. The van der Waals surface area contributed by atoms with Gasteiger partial charge in [-0.25, -0.2) is 9.97 Å². The third-order valence-electron chi connectivity index (χ3n) is 6.68. The van der Waals surface area contributed by atoms with Crippen LogP contribution in [-0.4, -0.2) is 14.5 Å². The number of nitrogens with zero attached hydrogens (tertiary/aromatic N) is 3. The van der Waals surface area contributed by atoms with Gasteiger partial charge in [-0.2, -0.15) is 0 Å². The fourth-order valence-electron chi connectivity index (χ4n) is 5.05. The molecule has 170 valence electrons. The molecule has 0 aliphatic rings. The molecule has 3 nitrogen and oxygen atoms in total. The zero-order chi connectivity index (χ0) is 24.1. The number of fused-ring (bicyclic) bond motifs is 5. The monoisotopic (exact) mass is 525 g/mol. The molecule has 0 aliphatic carbocycles. The van der Waals surface area contributed by atoms with Gasteiger partial charge in [0.15, 0.2) is 0 Å². The van der Waals surface area contributed by atoms with E-state index in [4.69, 9.17) is 9.97 Å². The summed E-state index contributed by atoms with van der Waals surface area (Å²) in [5.74, 6) is 0.656. The van der Waals surface area contributed by atoms with Crippen LogP contribution in [-0.2, 0) is 0 Å². The van der Waals surface area contributed by atoms with E-state index in [1.807, 2.05) is 36.4 Å². The first kappa shape index (κ1) is 21.0. The van der Waals surface area contributed by atoms with Crippen LogP contribution in [0.25, 0.3) is 61.0 Å². The van der Waals surface area contributed by atoms with E-state index in [-0.39, 0.29) is 0 Å². The van der Waals surface area contributed by atoms with Crippen LogP contribution in [0, 0.1) is 0 Å². The van der Waals surface area contributed by atoms with Gasteiger partial charge in [0.25, 0.3) is 0 Å². The Morgan fingerprint density at radius 1 is 0.500 bits per heavy atom. The molecule has 0 saturated carbocycles. The number of hydrogen-bond acceptors (Lipinski definition) is 2. The maximum Gasteiger partial charge on any atom is 0.235 e. The van der Waals surface area contributed by atoms with Gasteiger partial charge < -0.3 is 0 Å². The van der Waals surface area contributed by atoms with Crippen molar-refractivity contribution in [1.82, 2.24) is 14.5 Å². The van der Waals surface area contributed by atoms with E-state index < -0.39 is 0 Å². The van der Waals surface area contributed by atoms with Crippen LogP contribution in [0.1, 0.15) is 0 Å². The van der Waals surface area contributed by atoms with Crippen LogP contribution in [0.3, 0.4) is 0 Å². The lowest BCUT2D eigenvalue weighted by molar-refractivity contribution is 0.995. The quantitative estimate of drug-likeness (QED) is 0.230. The van der Waals surface area contributed by atoms with Crippen molar-refractivity contribution in [3.05, 3.63) is 126 Å². The second kappa shape index (κ2) is 8.43. The Hall–Kier alpha value is -4.28. The molecule has 0 saturated heterocycles. The van der Waals surface area contributed by atoms with Gasteiger partial charge >= 0.3 is 0 Å². The molecule has 2 heterocycles. The fraction of sp³-hybridized carbons (Fsp3) is 0. The van der Waals surface area contributed by atoms with Gasteiger partial charge in [0.2, 0.25) is 5.95 Å². The summed E-state index contributed by atoms with van der Waals surface area (Å²) in [6, 6.07) is 41.9. The topological polar surface area (TPSA) is 30.7 Å². The highest BCUT2D eigenvalue weighted by molar-refractivity contribution is 9.10. The van der Waals surface area contributed by atoms with E-state index in [1.165, 1.54) is 21.5 Å². The molecule has 7 rings (SSSR count). The largest absolute Gasteiger partial charge is 0.278 e. The van der Waals surface area contributed by atoms with E-state index in [2.05, 4.69) is 105 Å². The summed E-state index contributed by atoms with van der Waals surface area (Å²) in [7, 11) is 0. The van der Waals surface area contributed by atoms with E-state index in [1.54, 1.807) is 0 Å². The molecule has 2 aromatic heterocycles. The van der Waals surface area contributed by atoms with Crippen LogP contribution >= 0.6 is 15.9 Å². The van der Waals surface area contributed by atoms with Crippen molar-refractivity contribution in [3.8, 4) is 28.5 Å². The molecule has 0 aliphatic heterocycles. The molecule has 36 heavy (non-hydrogen) atoms. The first-order valence-electron chi connectivity index (χ1n) is 11.9. The Balaban J connectivity index is 1.61. The number of para-hydroxylation sites is 1. The predicted octanol–water partition coefficient (Wildman–Crippen LogP) is 8.82. The molecule has 5 aromatic carbocycles. The maximum absolute atomic E-state index is 5.12. The molecule has 0 atom stereocenters. The number of hydrogen-bond donors (Lipinski definition) is 0. The highest BCUT2D eigenvalue weighted by Gasteiger charge is 2.19. The smallest absolute Gasteiger partial charge is 0.235 e. The lowest BCUT2D eigenvalue weighted by atomic mass is 10.0. The van der Waals surface area contributed by atoms with Crippen molar-refractivity contribution < 1.29 is 0 Å². The molecule has 0 fully saturated rings. The Morgan fingerprint density at radius 2 is 1.03 bits per heavy atom. The molecule has 0 N–H and O–H groups in total. The molecule has 0 bridgehead atoms. The third kappa shape index (κ3) is 3.34. The van der Waals surface area contributed by atoms with Crippen molar-refractivity contribution in [2.75, 3.05) is 0 Å². The first-order valence-corrected chi connectivity index (χ1v) is 12.7. The molecule has 0 radical (unpaired) electrons. The Labute approximate surface area is 216 Å². The molecular weight excluding hydrogens is 506 g/mol. The zero-order valence-electron chi connectivity index (χ0n) is 19.3. The number of halogens is 1. The van der Waals surface area contributed by atoms with Crippen LogP contribution in [0.2, 0.25) is 0 Å². The molecule has 0 spiro atoms. The van der Waals surface area contributed by atoms with Crippen LogP contribution in [0.4, 0.5) is 0 Å². The highest BCUT2D eigenvalue weighted by Crippen LogP contribution is 2.39. The minimum atomic E-state index is 0.656. The van der Waals surface area contributed by atoms with E-state index in [0.29, 0.717) is 5.95 Å². The normalized spacial score (nSPS) is 11.5. The van der Waals surface area contributed by atoms with Crippen molar-refractivity contribution in [2.45, 2.75) is 0 Å². The van der Waals surface area contributed by atoms with Gasteiger partial charge in [0, 0.05) is 26.4 Å². The highest BCUT2D eigenvalue weighted by atomic mass is 79.9. The lowest BCUT2D eigenvalue weighted by Gasteiger charge is -2.12. The predicted molar refractivity (Wildman–Crippen MR) is 152 cm³/mol. The average molecular weight is 526 g/mol. The van der Waals surface area contributed by atoms with Crippen LogP contribution < -0.4 is 0 Å². The van der Waals surface area contributed by atoms with E-state index in [0.717, 1.165) is 38.0 Å². The molecule has 7 aromatic rings. The minimum Gasteiger partial charge on any atom is -0.278 e. The Bertz CT molecular complexity index is 1830. The molecular formula is C32H20BrN3. The van der Waals surface area contributed by atoms with Crippen molar-refractivity contribution >= 4 is 48.5 Å². The van der Waals surface area contributed by atoms with Gasteiger partial charge in [-0.15, -0.1) is 0 Å². The summed E-state index contributed by atoms with van der Waals surface area (Å²) in [6.07, 6.45) is 0. The SMILES string of the molecule is Brc1cc2c(c3ccccc13)c1ccccc1n2-c1nc(-c2ccccc2)cc(-c2ccccc2)n1. The molecule has 0 unspecified atom stereocenters. The molecule has 0 amide bonds. The van der Waals surface area contributed by atoms with Crippen LogP contribution in [0.5, 0.6) is 0 Å². The van der Waals surface area contributed by atoms with Gasteiger partial charge in [0.05, 0.1) is 22.4 Å². The average Bonchev–Trinajstić information content (AvgIpc) is 3.28. The zero-order valence-corrected chi connectivity index (χ0v) is 20.9. The summed E-state index contributed by atoms with van der Waals surface area (Å²) in [5.41, 5.74) is 6.07. The number of aromatic nitrogens is 3. The van der Waals surface area contributed by atoms with Gasteiger partial charge in [-0.3, -0.25) is 4.57 Å². The third-order valence-corrected chi connectivity index (χ3v) is 7.34. The van der Waals surface area contributed by atoms with Crippen LogP contribution in [0.15, 0.2) is 126 Å². The Kier molecular flexibility index (Phi) is 4.93. The summed E-state index contributed by atoms with van der Waals surface area (Å²) in [4.78, 5) is 10.2. The standard InChI is InChI=1S/C32H20BrN3/c33-26-19-30-31(24-16-8-7-15-23(24)26)25-17-9-10-18-29(25)36(30)32-34-27(21-11-3-1-4-12-21)20-28(35-32)22-13-5-2-6-14-22/h1-20H. The molecule has 4 heteroatoms. The van der Waals surface area contributed by atoms with E-state index in [9.17, 15) is 0 Å². The number of rotatable bonds is 3. The Morgan fingerprint density at radius 3 is 1.67 bits per heavy atom. The van der Waals surface area contributed by atoms with Gasteiger partial charge in [-0.1, -0.05) is 119 Å². The summed E-state index contributed by atoms with van der Waals surface area (Å²) in [6.45, 7) is 0. The minimum absolute atomic E-state index is 0.656. The van der Waals surface area contributed by atoms with E-state index >= 15 is 0 Å². The fourth-order valence-corrected chi connectivity index (χ4v) is 5.61. The van der Waals surface area contributed by atoms with Crippen molar-refractivity contribution in [2.24, 2.45) is 0 Å². The summed E-state index contributed by atoms with van der Waals surface area (Å²) >= 11 is 3.83. The first-order chi connectivity index (χ1) is 17.8. The number of benzene rings is 5. The summed E-state index contributed by atoms with van der Waals surface area (Å²) in [5, 5.41) is 4.79. The second-order valence-corrected chi connectivity index (χ2v) is 9.68. The van der Waals surface area contributed by atoms with Crippen molar-refractivity contribution in [1.29, 1.82) is 0 Å². The van der Waals surface area contributed by atoms with Gasteiger partial charge in [0.1, 0.15) is 0 Å².